The predicted molar refractivity (Wildman–Crippen MR) is 72.6 cm³/mol. The third-order valence-electron chi connectivity index (χ3n) is 2.71. The summed E-state index contributed by atoms with van der Waals surface area (Å²) >= 11 is 0. The molecule has 2 amide bonds. The maximum absolute atomic E-state index is 11.8. The Morgan fingerprint density at radius 1 is 1.26 bits per heavy atom. The first-order chi connectivity index (χ1) is 8.90. The largest absolute Gasteiger partial charge is 0.484 e. The van der Waals surface area contributed by atoms with Crippen LogP contribution in [0.3, 0.4) is 0 Å². The number of nitrogens with one attached hydrogen (secondary N) is 1. The number of anilines is 1. The van der Waals surface area contributed by atoms with Crippen molar-refractivity contribution in [3.8, 4) is 5.75 Å². The minimum Gasteiger partial charge on any atom is -0.484 e. The molecule has 104 valence electrons. The predicted octanol–water partition coefficient (Wildman–Crippen LogP) is 0.473. The van der Waals surface area contributed by atoms with Crippen LogP contribution < -0.4 is 21.5 Å². The van der Waals surface area contributed by atoms with Gasteiger partial charge in [0.05, 0.1) is 5.92 Å². The maximum Gasteiger partial charge on any atom is 0.255 e. The molecule has 2 atom stereocenters. The Labute approximate surface area is 112 Å². The molecule has 1 aromatic carbocycles. The average molecular weight is 265 g/mol. The van der Waals surface area contributed by atoms with Crippen LogP contribution in [-0.4, -0.2) is 24.5 Å². The van der Waals surface area contributed by atoms with E-state index in [1.54, 1.807) is 38.1 Å². The molecule has 0 aliphatic rings. The normalized spacial score (nSPS) is 13.4. The van der Waals surface area contributed by atoms with Crippen molar-refractivity contribution in [2.24, 2.45) is 17.4 Å². The molecule has 0 bridgehead atoms. The van der Waals surface area contributed by atoms with E-state index < -0.39 is 5.91 Å². The van der Waals surface area contributed by atoms with E-state index in [9.17, 15) is 9.59 Å². The molecule has 1 rings (SSSR count). The van der Waals surface area contributed by atoms with Crippen LogP contribution in [-0.2, 0) is 9.59 Å². The second kappa shape index (κ2) is 6.75. The fraction of sp³-hybridized carbons (Fsp3) is 0.385. The smallest absolute Gasteiger partial charge is 0.255 e. The molecular formula is C13H19N3O3. The molecule has 0 aliphatic heterocycles. The topological polar surface area (TPSA) is 107 Å². The molecule has 0 radical (unpaired) electrons. The highest BCUT2D eigenvalue weighted by atomic mass is 16.5. The zero-order valence-corrected chi connectivity index (χ0v) is 11.1. The second-order valence-electron chi connectivity index (χ2n) is 4.42. The number of carbonyl (C=O) groups is 2. The third-order valence-corrected chi connectivity index (χ3v) is 2.71. The maximum atomic E-state index is 11.8. The fourth-order valence-corrected chi connectivity index (χ4v) is 1.28. The van der Waals surface area contributed by atoms with Crippen LogP contribution in [0.5, 0.6) is 5.75 Å². The molecule has 0 aromatic heterocycles. The van der Waals surface area contributed by atoms with E-state index in [1.807, 2.05) is 0 Å². The lowest BCUT2D eigenvalue weighted by Crippen LogP contribution is -2.34. The summed E-state index contributed by atoms with van der Waals surface area (Å²) in [5.74, 6) is -0.438. The highest BCUT2D eigenvalue weighted by Gasteiger charge is 2.16. The van der Waals surface area contributed by atoms with Gasteiger partial charge in [-0.25, -0.2) is 0 Å². The van der Waals surface area contributed by atoms with E-state index in [-0.39, 0.29) is 24.5 Å². The first-order valence-electron chi connectivity index (χ1n) is 5.97. The third kappa shape index (κ3) is 4.97. The summed E-state index contributed by atoms with van der Waals surface area (Å²) in [5, 5.41) is 2.75. The number of benzene rings is 1. The molecule has 0 aliphatic carbocycles. The summed E-state index contributed by atoms with van der Waals surface area (Å²) in [6.45, 7) is 3.38. The van der Waals surface area contributed by atoms with Crippen LogP contribution in [0.4, 0.5) is 5.69 Å². The van der Waals surface area contributed by atoms with E-state index in [2.05, 4.69) is 5.32 Å². The Morgan fingerprint density at radius 2 is 1.84 bits per heavy atom. The van der Waals surface area contributed by atoms with Gasteiger partial charge in [-0.1, -0.05) is 6.92 Å². The van der Waals surface area contributed by atoms with Gasteiger partial charge in [0.25, 0.3) is 5.91 Å². The fourth-order valence-electron chi connectivity index (χ4n) is 1.28. The number of carbonyl (C=O) groups excluding carboxylic acids is 2. The van der Waals surface area contributed by atoms with Crippen LogP contribution >= 0.6 is 0 Å². The number of ether oxygens (including phenoxy) is 1. The SMILES string of the molecule is CC(N)C(C)C(=O)Nc1ccc(OCC(N)=O)cc1. The van der Waals surface area contributed by atoms with Gasteiger partial charge in [-0.2, -0.15) is 0 Å². The first kappa shape index (κ1) is 15.0. The van der Waals surface area contributed by atoms with E-state index in [0.717, 1.165) is 0 Å². The van der Waals surface area contributed by atoms with Gasteiger partial charge in [-0.05, 0) is 31.2 Å². The van der Waals surface area contributed by atoms with Crippen LogP contribution in [0.1, 0.15) is 13.8 Å². The van der Waals surface area contributed by atoms with Crippen LogP contribution in [0.15, 0.2) is 24.3 Å². The van der Waals surface area contributed by atoms with Crippen molar-refractivity contribution in [3.63, 3.8) is 0 Å². The highest BCUT2D eigenvalue weighted by molar-refractivity contribution is 5.92. The van der Waals surface area contributed by atoms with Crippen molar-refractivity contribution in [1.29, 1.82) is 0 Å². The van der Waals surface area contributed by atoms with Gasteiger partial charge in [-0.3, -0.25) is 9.59 Å². The van der Waals surface area contributed by atoms with Crippen molar-refractivity contribution in [3.05, 3.63) is 24.3 Å². The lowest BCUT2D eigenvalue weighted by Gasteiger charge is -2.15. The van der Waals surface area contributed by atoms with Gasteiger partial charge >= 0.3 is 0 Å². The summed E-state index contributed by atoms with van der Waals surface area (Å²) in [6.07, 6.45) is 0. The minimum atomic E-state index is -0.539. The Balaban J connectivity index is 2.57. The number of hydrogen-bond donors (Lipinski definition) is 3. The second-order valence-corrected chi connectivity index (χ2v) is 4.42. The summed E-state index contributed by atoms with van der Waals surface area (Å²) < 4.78 is 5.11. The number of primary amides is 1. The summed E-state index contributed by atoms with van der Waals surface area (Å²) in [7, 11) is 0. The lowest BCUT2D eigenvalue weighted by atomic mass is 10.0. The summed E-state index contributed by atoms with van der Waals surface area (Å²) in [5.41, 5.74) is 11.3. The quantitative estimate of drug-likeness (QED) is 0.695. The number of rotatable bonds is 6. The molecule has 5 N–H and O–H groups in total. The minimum absolute atomic E-state index is 0.138. The van der Waals surface area contributed by atoms with Gasteiger partial charge in [0, 0.05) is 11.7 Å². The Kier molecular flexibility index (Phi) is 5.32. The Morgan fingerprint density at radius 3 is 2.32 bits per heavy atom. The molecule has 1 aromatic rings. The van der Waals surface area contributed by atoms with Crippen LogP contribution in [0.25, 0.3) is 0 Å². The molecule has 0 fully saturated rings. The highest BCUT2D eigenvalue weighted by Crippen LogP contribution is 2.16. The summed E-state index contributed by atoms with van der Waals surface area (Å²) in [6, 6.07) is 6.45. The van der Waals surface area contributed by atoms with E-state index in [4.69, 9.17) is 16.2 Å². The van der Waals surface area contributed by atoms with Gasteiger partial charge in [-0.15, -0.1) is 0 Å². The van der Waals surface area contributed by atoms with Gasteiger partial charge in [0.15, 0.2) is 6.61 Å². The Bertz CT molecular complexity index is 443. The Hall–Kier alpha value is -2.08. The van der Waals surface area contributed by atoms with E-state index in [1.165, 1.54) is 0 Å². The van der Waals surface area contributed by atoms with Crippen molar-refractivity contribution in [1.82, 2.24) is 0 Å². The van der Waals surface area contributed by atoms with Crippen LogP contribution in [0, 0.1) is 5.92 Å². The van der Waals surface area contributed by atoms with Crippen molar-refractivity contribution in [2.75, 3.05) is 11.9 Å². The summed E-state index contributed by atoms with van der Waals surface area (Å²) in [4.78, 5) is 22.3. The molecular weight excluding hydrogens is 246 g/mol. The number of nitrogens with two attached hydrogens (primary N) is 2. The van der Waals surface area contributed by atoms with Crippen molar-refractivity contribution >= 4 is 17.5 Å². The lowest BCUT2D eigenvalue weighted by molar-refractivity contribution is -0.120. The number of amides is 2. The van der Waals surface area contributed by atoms with Crippen LogP contribution in [0.2, 0.25) is 0 Å². The molecule has 6 nitrogen and oxygen atoms in total. The number of hydrogen-bond acceptors (Lipinski definition) is 4. The van der Waals surface area contributed by atoms with Gasteiger partial charge < -0.3 is 21.5 Å². The molecule has 19 heavy (non-hydrogen) atoms. The molecule has 2 unspecified atom stereocenters. The first-order valence-corrected chi connectivity index (χ1v) is 5.97. The molecule has 0 saturated heterocycles. The van der Waals surface area contributed by atoms with Crippen molar-refractivity contribution < 1.29 is 14.3 Å². The van der Waals surface area contributed by atoms with E-state index in [0.29, 0.717) is 11.4 Å². The van der Waals surface area contributed by atoms with Gasteiger partial charge in [0.2, 0.25) is 5.91 Å². The molecule has 0 heterocycles. The molecule has 0 spiro atoms. The zero-order valence-electron chi connectivity index (χ0n) is 11.1. The van der Waals surface area contributed by atoms with Gasteiger partial charge in [0.1, 0.15) is 5.75 Å². The zero-order chi connectivity index (χ0) is 14.4. The molecule has 6 heteroatoms. The monoisotopic (exact) mass is 265 g/mol. The average Bonchev–Trinajstić information content (AvgIpc) is 2.36. The van der Waals surface area contributed by atoms with E-state index >= 15 is 0 Å². The van der Waals surface area contributed by atoms with Crippen molar-refractivity contribution in [2.45, 2.75) is 19.9 Å². The molecule has 0 saturated carbocycles. The standard InChI is InChI=1S/C13H19N3O3/c1-8(9(2)14)13(18)16-10-3-5-11(6-4-10)19-7-12(15)17/h3-6,8-9H,7,14H2,1-2H3,(H2,15,17)(H,16,18).